The Morgan fingerprint density at radius 2 is 1.93 bits per heavy atom. The van der Waals surface area contributed by atoms with E-state index in [9.17, 15) is 9.90 Å². The predicted molar refractivity (Wildman–Crippen MR) is 109 cm³/mol. The van der Waals surface area contributed by atoms with Crippen LogP contribution in [0.2, 0.25) is 0 Å². The van der Waals surface area contributed by atoms with E-state index in [2.05, 4.69) is 5.32 Å². The number of nitrogens with one attached hydrogen (secondary N) is 1. The number of nitrogens with zero attached hydrogens (tertiary/aromatic N) is 1. The molecule has 1 atom stereocenters. The minimum absolute atomic E-state index is 0.277. The molecule has 0 saturated heterocycles. The molecule has 0 spiro atoms. The van der Waals surface area contributed by atoms with Crippen LogP contribution >= 0.6 is 0 Å². The molecule has 1 aromatic carbocycles. The van der Waals surface area contributed by atoms with Gasteiger partial charge in [-0.15, -0.1) is 0 Å². The number of benzene rings is 1. The van der Waals surface area contributed by atoms with Crippen LogP contribution < -0.4 is 5.32 Å². The smallest absolute Gasteiger partial charge is 0.410 e. The number of hydrogen-bond donors (Lipinski definition) is 2. The predicted octanol–water partition coefficient (Wildman–Crippen LogP) is 3.61. The molecule has 27 heavy (non-hydrogen) atoms. The van der Waals surface area contributed by atoms with Crippen LogP contribution in [0.3, 0.4) is 0 Å². The number of hydrogen-bond acceptors (Lipinski definition) is 4. The van der Waals surface area contributed by atoms with Crippen molar-refractivity contribution in [2.45, 2.75) is 64.6 Å². The number of ether oxygens (including phenoxy) is 1. The van der Waals surface area contributed by atoms with Crippen LogP contribution in [0.5, 0.6) is 0 Å². The van der Waals surface area contributed by atoms with Crippen LogP contribution in [0, 0.1) is 5.92 Å². The molecule has 2 rings (SSSR count). The number of amides is 1. The van der Waals surface area contributed by atoms with Gasteiger partial charge in [-0.25, -0.2) is 4.79 Å². The van der Waals surface area contributed by atoms with E-state index in [1.165, 1.54) is 31.2 Å². The van der Waals surface area contributed by atoms with Gasteiger partial charge in [-0.05, 0) is 58.1 Å². The second kappa shape index (κ2) is 10.7. The number of rotatable bonds is 9. The van der Waals surface area contributed by atoms with E-state index in [0.29, 0.717) is 13.1 Å². The second-order valence-electron chi connectivity index (χ2n) is 8.62. The van der Waals surface area contributed by atoms with Gasteiger partial charge in [0.2, 0.25) is 0 Å². The zero-order valence-corrected chi connectivity index (χ0v) is 17.1. The fraction of sp³-hybridized carbons (Fsp3) is 0.682. The highest BCUT2D eigenvalue weighted by atomic mass is 16.6. The molecule has 0 heterocycles. The van der Waals surface area contributed by atoms with Gasteiger partial charge in [0.15, 0.2) is 0 Å². The molecule has 0 radical (unpaired) electrons. The van der Waals surface area contributed by atoms with Crippen molar-refractivity contribution in [3.63, 3.8) is 0 Å². The first kappa shape index (κ1) is 21.7. The SMILES string of the molecule is CC(C)(C)OC(=O)N(CCc1ccccc1)C[C@H](O)CNCC1CCCC1. The number of aliphatic hydroxyl groups excluding tert-OH is 1. The van der Waals surface area contributed by atoms with Crippen molar-refractivity contribution < 1.29 is 14.6 Å². The summed E-state index contributed by atoms with van der Waals surface area (Å²) in [6.45, 7) is 7.84. The van der Waals surface area contributed by atoms with Crippen molar-refractivity contribution in [2.75, 3.05) is 26.2 Å². The maximum Gasteiger partial charge on any atom is 0.410 e. The lowest BCUT2D eigenvalue weighted by Gasteiger charge is -2.29. The van der Waals surface area contributed by atoms with E-state index < -0.39 is 11.7 Å². The summed E-state index contributed by atoms with van der Waals surface area (Å²) < 4.78 is 5.53. The summed E-state index contributed by atoms with van der Waals surface area (Å²) >= 11 is 0. The minimum atomic E-state index is -0.602. The molecule has 0 bridgehead atoms. The third-order valence-electron chi connectivity index (χ3n) is 4.88. The Morgan fingerprint density at radius 3 is 2.56 bits per heavy atom. The molecule has 0 aliphatic heterocycles. The third kappa shape index (κ3) is 8.76. The molecule has 1 aliphatic rings. The van der Waals surface area contributed by atoms with E-state index in [0.717, 1.165) is 18.9 Å². The van der Waals surface area contributed by atoms with E-state index >= 15 is 0 Å². The summed E-state index contributed by atoms with van der Waals surface area (Å²) in [5.41, 5.74) is 0.619. The third-order valence-corrected chi connectivity index (χ3v) is 4.88. The summed E-state index contributed by atoms with van der Waals surface area (Å²) in [5, 5.41) is 13.8. The molecule has 2 N–H and O–H groups in total. The molecule has 1 saturated carbocycles. The molecule has 1 aromatic rings. The van der Waals surface area contributed by atoms with Gasteiger partial charge in [-0.1, -0.05) is 43.2 Å². The van der Waals surface area contributed by atoms with Gasteiger partial charge < -0.3 is 20.1 Å². The summed E-state index contributed by atoms with van der Waals surface area (Å²) in [6.07, 6.45) is 4.97. The molecule has 1 amide bonds. The largest absolute Gasteiger partial charge is 0.444 e. The number of aliphatic hydroxyl groups is 1. The fourth-order valence-electron chi connectivity index (χ4n) is 3.48. The van der Waals surface area contributed by atoms with E-state index in [4.69, 9.17) is 4.74 Å². The van der Waals surface area contributed by atoms with Gasteiger partial charge in [-0.3, -0.25) is 0 Å². The van der Waals surface area contributed by atoms with Gasteiger partial charge in [0.25, 0.3) is 0 Å². The Bertz CT molecular complexity index is 550. The van der Waals surface area contributed by atoms with Gasteiger partial charge >= 0.3 is 6.09 Å². The highest BCUT2D eigenvalue weighted by molar-refractivity contribution is 5.68. The molecule has 1 aliphatic carbocycles. The summed E-state index contributed by atoms with van der Waals surface area (Å²) in [7, 11) is 0. The van der Waals surface area contributed by atoms with Crippen LogP contribution in [0.15, 0.2) is 30.3 Å². The molecule has 0 unspecified atom stereocenters. The van der Waals surface area contributed by atoms with Crippen molar-refractivity contribution in [1.29, 1.82) is 0 Å². The van der Waals surface area contributed by atoms with Crippen LogP contribution in [0.1, 0.15) is 52.0 Å². The van der Waals surface area contributed by atoms with Crippen molar-refractivity contribution in [1.82, 2.24) is 10.2 Å². The van der Waals surface area contributed by atoms with Crippen molar-refractivity contribution in [3.8, 4) is 0 Å². The lowest BCUT2D eigenvalue weighted by molar-refractivity contribution is 0.0149. The van der Waals surface area contributed by atoms with E-state index in [1.54, 1.807) is 4.90 Å². The molecular weight excluding hydrogens is 340 g/mol. The number of carbonyl (C=O) groups excluding carboxylic acids is 1. The van der Waals surface area contributed by atoms with Crippen LogP contribution in [0.25, 0.3) is 0 Å². The quantitative estimate of drug-likeness (QED) is 0.691. The topological polar surface area (TPSA) is 61.8 Å². The van der Waals surface area contributed by atoms with Crippen molar-refractivity contribution in [2.24, 2.45) is 5.92 Å². The maximum absolute atomic E-state index is 12.6. The average Bonchev–Trinajstić information content (AvgIpc) is 3.11. The molecule has 5 heteroatoms. The normalized spacial score (nSPS) is 16.3. The average molecular weight is 377 g/mol. The molecule has 1 fully saturated rings. The summed E-state index contributed by atoms with van der Waals surface area (Å²) in [5.74, 6) is 0.734. The van der Waals surface area contributed by atoms with E-state index in [-0.39, 0.29) is 12.6 Å². The maximum atomic E-state index is 12.6. The Labute approximate surface area is 164 Å². The minimum Gasteiger partial charge on any atom is -0.444 e. The Balaban J connectivity index is 1.84. The fourth-order valence-corrected chi connectivity index (χ4v) is 3.48. The van der Waals surface area contributed by atoms with Gasteiger partial charge in [0.1, 0.15) is 5.60 Å². The molecule has 152 valence electrons. The van der Waals surface area contributed by atoms with Gasteiger partial charge in [-0.2, -0.15) is 0 Å². The Hall–Kier alpha value is -1.59. The first-order valence-electron chi connectivity index (χ1n) is 10.2. The van der Waals surface area contributed by atoms with Crippen molar-refractivity contribution >= 4 is 6.09 Å². The van der Waals surface area contributed by atoms with Crippen molar-refractivity contribution in [3.05, 3.63) is 35.9 Å². The zero-order valence-electron chi connectivity index (χ0n) is 17.1. The number of carbonyl (C=O) groups is 1. The highest BCUT2D eigenvalue weighted by Crippen LogP contribution is 2.23. The van der Waals surface area contributed by atoms with E-state index in [1.807, 2.05) is 51.1 Å². The first-order valence-corrected chi connectivity index (χ1v) is 10.2. The van der Waals surface area contributed by atoms with Gasteiger partial charge in [0.05, 0.1) is 12.6 Å². The lowest BCUT2D eigenvalue weighted by atomic mass is 10.1. The molecule has 5 nitrogen and oxygen atoms in total. The van der Waals surface area contributed by atoms with Crippen LogP contribution in [-0.4, -0.2) is 54.0 Å². The van der Waals surface area contributed by atoms with Crippen LogP contribution in [0.4, 0.5) is 4.79 Å². The lowest BCUT2D eigenvalue weighted by Crippen LogP contribution is -2.45. The highest BCUT2D eigenvalue weighted by Gasteiger charge is 2.24. The molecular formula is C22H36N2O3. The Kier molecular flexibility index (Phi) is 8.58. The zero-order chi connectivity index (χ0) is 19.7. The summed E-state index contributed by atoms with van der Waals surface area (Å²) in [6, 6.07) is 10.1. The molecule has 0 aromatic heterocycles. The second-order valence-corrected chi connectivity index (χ2v) is 8.62. The summed E-state index contributed by atoms with van der Waals surface area (Å²) in [4.78, 5) is 14.2. The first-order chi connectivity index (χ1) is 12.8. The standard InChI is InChI=1S/C22H36N2O3/c1-22(2,3)27-21(26)24(14-13-18-9-5-4-6-10-18)17-20(25)16-23-15-19-11-7-8-12-19/h4-6,9-10,19-20,23,25H,7-8,11-17H2,1-3H3/t20-/m1/s1. The Morgan fingerprint density at radius 1 is 1.26 bits per heavy atom. The monoisotopic (exact) mass is 376 g/mol. The van der Waals surface area contributed by atoms with Gasteiger partial charge in [0, 0.05) is 13.1 Å². The van der Waals surface area contributed by atoms with Crippen LogP contribution in [-0.2, 0) is 11.2 Å².